The van der Waals surface area contributed by atoms with E-state index in [9.17, 15) is 9.59 Å². The maximum atomic E-state index is 11.7. The molecule has 0 aromatic heterocycles. The number of hydrogen-bond acceptors (Lipinski definition) is 4. The first kappa shape index (κ1) is 17.0. The molecule has 0 N–H and O–H groups in total. The maximum absolute atomic E-state index is 11.7. The fourth-order valence-corrected chi connectivity index (χ4v) is 3.12. The molecule has 1 aliphatic carbocycles. The summed E-state index contributed by atoms with van der Waals surface area (Å²) < 4.78 is 11.1. The van der Waals surface area contributed by atoms with Crippen LogP contribution in [-0.2, 0) is 24.7 Å². The van der Waals surface area contributed by atoms with Crippen molar-refractivity contribution in [2.75, 3.05) is 0 Å². The van der Waals surface area contributed by atoms with Crippen molar-refractivity contribution in [2.24, 2.45) is 5.92 Å². The first-order valence-corrected chi connectivity index (χ1v) is 8.21. The number of benzene rings is 2. The van der Waals surface area contributed by atoms with Crippen molar-refractivity contribution in [3.8, 4) is 0 Å². The van der Waals surface area contributed by atoms with E-state index in [1.165, 1.54) is 13.8 Å². The lowest BCUT2D eigenvalue weighted by atomic mass is 10.0. The van der Waals surface area contributed by atoms with Crippen molar-refractivity contribution in [1.82, 2.24) is 0 Å². The van der Waals surface area contributed by atoms with E-state index in [0.29, 0.717) is 12.2 Å². The SMILES string of the molecule is CC(=O)O/C(=C/c1ccccc1)[C@@H]1C[C@]1(OC(C)=O)c1ccccc1. The topological polar surface area (TPSA) is 52.6 Å². The molecule has 0 bridgehead atoms. The number of ether oxygens (including phenoxy) is 2. The van der Waals surface area contributed by atoms with E-state index in [1.54, 1.807) is 0 Å². The minimum absolute atomic E-state index is 0.192. The van der Waals surface area contributed by atoms with Gasteiger partial charge in [-0.25, -0.2) is 0 Å². The van der Waals surface area contributed by atoms with Crippen LogP contribution >= 0.6 is 0 Å². The zero-order chi connectivity index (χ0) is 17.9. The second kappa shape index (κ2) is 6.93. The van der Waals surface area contributed by atoms with Crippen LogP contribution in [0.4, 0.5) is 0 Å². The smallest absolute Gasteiger partial charge is 0.307 e. The molecule has 128 valence electrons. The third-order valence-electron chi connectivity index (χ3n) is 4.21. The summed E-state index contributed by atoms with van der Waals surface area (Å²) in [6.45, 7) is 2.77. The molecule has 25 heavy (non-hydrogen) atoms. The van der Waals surface area contributed by atoms with Gasteiger partial charge in [0.25, 0.3) is 0 Å². The molecule has 2 aromatic rings. The first-order chi connectivity index (χ1) is 12.0. The van der Waals surface area contributed by atoms with E-state index in [0.717, 1.165) is 11.1 Å². The Hall–Kier alpha value is -2.88. The van der Waals surface area contributed by atoms with Crippen LogP contribution in [-0.4, -0.2) is 11.9 Å². The van der Waals surface area contributed by atoms with Crippen LogP contribution in [0.2, 0.25) is 0 Å². The summed E-state index contributed by atoms with van der Waals surface area (Å²) in [4.78, 5) is 23.2. The van der Waals surface area contributed by atoms with Gasteiger partial charge < -0.3 is 9.47 Å². The monoisotopic (exact) mass is 336 g/mol. The largest absolute Gasteiger partial charge is 0.454 e. The maximum Gasteiger partial charge on any atom is 0.307 e. The standard InChI is InChI=1S/C21H20O4/c1-15(22)24-20(13-17-9-5-3-6-10-17)19-14-21(19,25-16(2)23)18-11-7-4-8-12-18/h3-13,19H,14H2,1-2H3/b20-13+/t19-,21-/m0/s1. The fourth-order valence-electron chi connectivity index (χ4n) is 3.12. The number of hydrogen-bond donors (Lipinski definition) is 0. The number of carbonyl (C=O) groups is 2. The van der Waals surface area contributed by atoms with Crippen molar-refractivity contribution in [3.63, 3.8) is 0 Å². The molecule has 2 atom stereocenters. The van der Waals surface area contributed by atoms with Gasteiger partial charge in [-0.1, -0.05) is 60.7 Å². The summed E-state index contributed by atoms with van der Waals surface area (Å²) in [6.07, 6.45) is 2.42. The van der Waals surface area contributed by atoms with Crippen LogP contribution in [0.5, 0.6) is 0 Å². The van der Waals surface area contributed by atoms with Gasteiger partial charge in [0.05, 0.1) is 5.92 Å². The third-order valence-corrected chi connectivity index (χ3v) is 4.21. The van der Waals surface area contributed by atoms with E-state index < -0.39 is 5.60 Å². The molecule has 0 aliphatic heterocycles. The van der Waals surface area contributed by atoms with Gasteiger partial charge in [0, 0.05) is 20.3 Å². The first-order valence-electron chi connectivity index (χ1n) is 8.21. The van der Waals surface area contributed by atoms with Gasteiger partial charge in [-0.05, 0) is 17.2 Å². The molecule has 4 nitrogen and oxygen atoms in total. The summed E-state index contributed by atoms with van der Waals surface area (Å²) >= 11 is 0. The van der Waals surface area contributed by atoms with E-state index in [4.69, 9.17) is 9.47 Å². The van der Waals surface area contributed by atoms with Crippen molar-refractivity contribution in [2.45, 2.75) is 25.9 Å². The molecular formula is C21H20O4. The van der Waals surface area contributed by atoms with Gasteiger partial charge >= 0.3 is 11.9 Å². The molecule has 0 saturated heterocycles. The predicted molar refractivity (Wildman–Crippen MR) is 94.2 cm³/mol. The van der Waals surface area contributed by atoms with Gasteiger partial charge in [-0.3, -0.25) is 9.59 Å². The van der Waals surface area contributed by atoms with Gasteiger partial charge in [0.2, 0.25) is 0 Å². The van der Waals surface area contributed by atoms with Crippen LogP contribution < -0.4 is 0 Å². The zero-order valence-corrected chi connectivity index (χ0v) is 14.3. The molecule has 1 fully saturated rings. The lowest BCUT2D eigenvalue weighted by Crippen LogP contribution is -2.20. The Bertz CT molecular complexity index is 795. The number of esters is 2. The van der Waals surface area contributed by atoms with E-state index >= 15 is 0 Å². The normalized spacial score (nSPS) is 22.2. The van der Waals surface area contributed by atoms with Gasteiger partial charge in [-0.15, -0.1) is 0 Å². The lowest BCUT2D eigenvalue weighted by Gasteiger charge is -2.19. The quantitative estimate of drug-likeness (QED) is 0.610. The number of rotatable bonds is 5. The van der Waals surface area contributed by atoms with Crippen molar-refractivity contribution >= 4 is 18.0 Å². The van der Waals surface area contributed by atoms with Crippen molar-refractivity contribution < 1.29 is 19.1 Å². The zero-order valence-electron chi connectivity index (χ0n) is 14.3. The molecule has 3 rings (SSSR count). The van der Waals surface area contributed by atoms with Crippen LogP contribution in [0.1, 0.15) is 31.4 Å². The predicted octanol–water partition coefficient (Wildman–Crippen LogP) is 4.07. The molecule has 0 radical (unpaired) electrons. The minimum atomic E-state index is -0.775. The summed E-state index contributed by atoms with van der Waals surface area (Å²) in [5.41, 5.74) is 1.06. The Morgan fingerprint density at radius 2 is 1.56 bits per heavy atom. The van der Waals surface area contributed by atoms with Gasteiger partial charge in [0.15, 0.2) is 0 Å². The second-order valence-electron chi connectivity index (χ2n) is 6.16. The Morgan fingerprint density at radius 1 is 0.960 bits per heavy atom. The average molecular weight is 336 g/mol. The van der Waals surface area contributed by atoms with E-state index in [2.05, 4.69) is 0 Å². The highest BCUT2D eigenvalue weighted by molar-refractivity contribution is 5.71. The van der Waals surface area contributed by atoms with Crippen LogP contribution in [0.3, 0.4) is 0 Å². The molecule has 0 amide bonds. The third kappa shape index (κ3) is 3.79. The average Bonchev–Trinajstić information content (AvgIpc) is 3.30. The molecule has 1 aliphatic rings. The highest BCUT2D eigenvalue weighted by Gasteiger charge is 2.61. The van der Waals surface area contributed by atoms with Crippen molar-refractivity contribution in [1.29, 1.82) is 0 Å². The highest BCUT2D eigenvalue weighted by Crippen LogP contribution is 2.59. The summed E-state index contributed by atoms with van der Waals surface area (Å²) in [5, 5.41) is 0. The summed E-state index contributed by atoms with van der Waals surface area (Å²) in [7, 11) is 0. The summed E-state index contributed by atoms with van der Waals surface area (Å²) in [6, 6.07) is 19.2. The van der Waals surface area contributed by atoms with E-state index in [1.807, 2.05) is 66.7 Å². The minimum Gasteiger partial charge on any atom is -0.454 e. The lowest BCUT2D eigenvalue weighted by molar-refractivity contribution is -0.150. The highest BCUT2D eigenvalue weighted by atomic mass is 16.6. The molecule has 0 heterocycles. The van der Waals surface area contributed by atoms with Crippen LogP contribution in [0, 0.1) is 5.92 Å². The molecular weight excluding hydrogens is 316 g/mol. The second-order valence-corrected chi connectivity index (χ2v) is 6.16. The molecule has 1 saturated carbocycles. The Morgan fingerprint density at radius 3 is 2.12 bits per heavy atom. The molecule has 4 heteroatoms. The van der Waals surface area contributed by atoms with Gasteiger partial charge in [0.1, 0.15) is 11.4 Å². The Labute approximate surface area is 147 Å². The molecule has 0 unspecified atom stereocenters. The van der Waals surface area contributed by atoms with Crippen molar-refractivity contribution in [3.05, 3.63) is 77.5 Å². The Kier molecular flexibility index (Phi) is 4.70. The van der Waals surface area contributed by atoms with Crippen LogP contribution in [0.15, 0.2) is 66.4 Å². The number of carbonyl (C=O) groups excluding carboxylic acids is 2. The molecule has 2 aromatic carbocycles. The fraction of sp³-hybridized carbons (Fsp3) is 0.238. The van der Waals surface area contributed by atoms with Gasteiger partial charge in [-0.2, -0.15) is 0 Å². The Balaban J connectivity index is 1.97. The van der Waals surface area contributed by atoms with Crippen LogP contribution in [0.25, 0.3) is 6.08 Å². The summed E-state index contributed by atoms with van der Waals surface area (Å²) in [5.74, 6) is -0.418. The van der Waals surface area contributed by atoms with E-state index in [-0.39, 0.29) is 17.9 Å². The molecule has 0 spiro atoms.